The fraction of sp³-hybridized carbons (Fsp3) is 0.273. The zero-order valence-corrected chi connectivity index (χ0v) is 12.1. The number of hydrogen-bond acceptors (Lipinski definition) is 5. The summed E-state index contributed by atoms with van der Waals surface area (Å²) in [5.41, 5.74) is 6.20. The molecule has 1 heterocycles. The zero-order chi connectivity index (χ0) is 13.3. The number of nitrogen functional groups attached to an aromatic ring is 1. The van der Waals surface area contributed by atoms with Gasteiger partial charge in [0.2, 0.25) is 0 Å². The van der Waals surface area contributed by atoms with Gasteiger partial charge in [0.1, 0.15) is 5.82 Å². The fourth-order valence-electron chi connectivity index (χ4n) is 1.22. The summed E-state index contributed by atoms with van der Waals surface area (Å²) < 4.78 is 9.74. The molecule has 96 valence electrons. The first-order valence-electron chi connectivity index (χ1n) is 5.23. The van der Waals surface area contributed by atoms with Crippen molar-refractivity contribution >= 4 is 40.4 Å². The molecule has 1 aromatic heterocycles. The minimum atomic E-state index is 0.254. The van der Waals surface area contributed by atoms with E-state index in [4.69, 9.17) is 33.7 Å². The molecule has 1 aromatic carbocycles. The molecule has 0 aliphatic heterocycles. The molecule has 4 nitrogen and oxygen atoms in total. The highest BCUT2D eigenvalue weighted by Crippen LogP contribution is 2.35. The average molecular weight is 304 g/mol. The Bertz CT molecular complexity index is 571. The van der Waals surface area contributed by atoms with E-state index in [-0.39, 0.29) is 5.92 Å². The molecular weight excluding hydrogens is 293 g/mol. The van der Waals surface area contributed by atoms with E-state index in [9.17, 15) is 0 Å². The number of rotatable bonds is 3. The van der Waals surface area contributed by atoms with Gasteiger partial charge in [-0.3, -0.25) is 0 Å². The Morgan fingerprint density at radius 1 is 1.28 bits per heavy atom. The summed E-state index contributed by atoms with van der Waals surface area (Å²) in [4.78, 5) is 4.25. The van der Waals surface area contributed by atoms with Crippen molar-refractivity contribution in [3.63, 3.8) is 0 Å². The fourth-order valence-corrected chi connectivity index (χ4v) is 2.23. The lowest BCUT2D eigenvalue weighted by Gasteiger charge is -2.06. The van der Waals surface area contributed by atoms with Crippen molar-refractivity contribution in [1.29, 1.82) is 0 Å². The van der Waals surface area contributed by atoms with E-state index in [2.05, 4.69) is 9.36 Å². The van der Waals surface area contributed by atoms with E-state index in [0.717, 1.165) is 5.82 Å². The molecule has 0 radical (unpaired) electrons. The maximum Gasteiger partial charge on any atom is 0.298 e. The number of halogens is 2. The van der Waals surface area contributed by atoms with E-state index < -0.39 is 0 Å². The minimum Gasteiger partial charge on any atom is -0.428 e. The lowest BCUT2D eigenvalue weighted by atomic mass is 10.2. The van der Waals surface area contributed by atoms with E-state index in [0.29, 0.717) is 26.7 Å². The van der Waals surface area contributed by atoms with Gasteiger partial charge in [-0.1, -0.05) is 37.0 Å². The van der Waals surface area contributed by atoms with Crippen molar-refractivity contribution < 1.29 is 4.74 Å². The van der Waals surface area contributed by atoms with Crippen molar-refractivity contribution in [2.24, 2.45) is 0 Å². The van der Waals surface area contributed by atoms with Crippen LogP contribution in [0, 0.1) is 0 Å². The van der Waals surface area contributed by atoms with E-state index in [1.165, 1.54) is 11.5 Å². The number of anilines is 1. The number of benzene rings is 1. The highest BCUT2D eigenvalue weighted by atomic mass is 35.5. The first-order valence-corrected chi connectivity index (χ1v) is 6.76. The summed E-state index contributed by atoms with van der Waals surface area (Å²) >= 11 is 12.9. The van der Waals surface area contributed by atoms with Crippen LogP contribution >= 0.6 is 34.7 Å². The molecule has 0 bridgehead atoms. The van der Waals surface area contributed by atoms with Crippen LogP contribution in [0.5, 0.6) is 10.9 Å². The Morgan fingerprint density at radius 3 is 2.56 bits per heavy atom. The zero-order valence-electron chi connectivity index (χ0n) is 9.78. The molecule has 18 heavy (non-hydrogen) atoms. The van der Waals surface area contributed by atoms with Crippen LogP contribution in [0.15, 0.2) is 12.1 Å². The van der Waals surface area contributed by atoms with Crippen LogP contribution in [0.4, 0.5) is 5.69 Å². The second-order valence-corrected chi connectivity index (χ2v) is 5.51. The highest BCUT2D eigenvalue weighted by Gasteiger charge is 2.12. The van der Waals surface area contributed by atoms with Crippen molar-refractivity contribution in [1.82, 2.24) is 9.36 Å². The van der Waals surface area contributed by atoms with Crippen LogP contribution in [0.1, 0.15) is 25.6 Å². The SMILES string of the molecule is CC(C)c1nsc(Oc2cc(Cl)c(Cl)cc2N)n1. The molecule has 7 heteroatoms. The summed E-state index contributed by atoms with van der Waals surface area (Å²) in [5, 5.41) is 1.21. The molecule has 2 aromatic rings. The van der Waals surface area contributed by atoms with Gasteiger partial charge in [-0.25, -0.2) is 0 Å². The highest BCUT2D eigenvalue weighted by molar-refractivity contribution is 7.07. The molecule has 0 aliphatic carbocycles. The van der Waals surface area contributed by atoms with Gasteiger partial charge in [-0.2, -0.15) is 9.36 Å². The normalized spacial score (nSPS) is 10.9. The van der Waals surface area contributed by atoms with Crippen molar-refractivity contribution in [2.75, 3.05) is 5.73 Å². The van der Waals surface area contributed by atoms with Crippen molar-refractivity contribution in [3.8, 4) is 10.9 Å². The molecule has 0 atom stereocenters. The van der Waals surface area contributed by atoms with Gasteiger partial charge < -0.3 is 10.5 Å². The van der Waals surface area contributed by atoms with Crippen LogP contribution in [0.3, 0.4) is 0 Å². The number of aromatic nitrogens is 2. The molecule has 0 spiro atoms. The van der Waals surface area contributed by atoms with Gasteiger partial charge in [0.15, 0.2) is 5.75 Å². The van der Waals surface area contributed by atoms with Crippen LogP contribution in [0.2, 0.25) is 10.0 Å². The topological polar surface area (TPSA) is 61.0 Å². The smallest absolute Gasteiger partial charge is 0.298 e. The molecular formula is C11H11Cl2N3OS. The first kappa shape index (κ1) is 13.4. The summed E-state index contributed by atoms with van der Waals surface area (Å²) in [6.45, 7) is 4.03. The van der Waals surface area contributed by atoms with Crippen molar-refractivity contribution in [3.05, 3.63) is 28.0 Å². The maximum atomic E-state index is 5.91. The van der Waals surface area contributed by atoms with Gasteiger partial charge in [0, 0.05) is 23.5 Å². The second-order valence-electron chi connectivity index (χ2n) is 3.98. The molecule has 0 saturated heterocycles. The predicted octanol–water partition coefficient (Wildman–Crippen LogP) is 4.34. The van der Waals surface area contributed by atoms with E-state index in [1.807, 2.05) is 13.8 Å². The molecule has 2 N–H and O–H groups in total. The third-order valence-electron chi connectivity index (χ3n) is 2.19. The number of ether oxygens (including phenoxy) is 1. The van der Waals surface area contributed by atoms with Crippen molar-refractivity contribution in [2.45, 2.75) is 19.8 Å². The lowest BCUT2D eigenvalue weighted by Crippen LogP contribution is -1.93. The predicted molar refractivity (Wildman–Crippen MR) is 74.9 cm³/mol. The van der Waals surface area contributed by atoms with E-state index in [1.54, 1.807) is 12.1 Å². The summed E-state index contributed by atoms with van der Waals surface area (Å²) in [5.74, 6) is 1.43. The molecule has 0 unspecified atom stereocenters. The number of nitrogens with zero attached hydrogens (tertiary/aromatic N) is 2. The lowest BCUT2D eigenvalue weighted by molar-refractivity contribution is 0.478. The molecule has 0 aliphatic rings. The van der Waals surface area contributed by atoms with Gasteiger partial charge in [0.05, 0.1) is 15.7 Å². The minimum absolute atomic E-state index is 0.254. The second kappa shape index (κ2) is 5.30. The average Bonchev–Trinajstić information content (AvgIpc) is 2.74. The Morgan fingerprint density at radius 2 is 1.94 bits per heavy atom. The molecule has 0 saturated carbocycles. The van der Waals surface area contributed by atoms with Gasteiger partial charge >= 0.3 is 0 Å². The standard InChI is InChI=1S/C11H11Cl2N3OS/c1-5(2)10-15-11(18-16-10)17-9-4-7(13)6(12)3-8(9)14/h3-5H,14H2,1-2H3. The van der Waals surface area contributed by atoms with Crippen LogP contribution in [-0.2, 0) is 0 Å². The molecule has 2 rings (SSSR count). The monoisotopic (exact) mass is 303 g/mol. The summed E-state index contributed by atoms with van der Waals surface area (Å²) in [6, 6.07) is 3.11. The summed E-state index contributed by atoms with van der Waals surface area (Å²) in [6.07, 6.45) is 0. The molecule has 0 fully saturated rings. The first-order chi connectivity index (χ1) is 8.47. The van der Waals surface area contributed by atoms with Gasteiger partial charge in [-0.05, 0) is 6.07 Å². The largest absolute Gasteiger partial charge is 0.428 e. The quantitative estimate of drug-likeness (QED) is 0.857. The third-order valence-corrected chi connectivity index (χ3v) is 3.52. The van der Waals surface area contributed by atoms with Crippen LogP contribution in [-0.4, -0.2) is 9.36 Å². The van der Waals surface area contributed by atoms with Gasteiger partial charge in [-0.15, -0.1) is 0 Å². The Hall–Kier alpha value is -1.04. The Labute approximate surface area is 119 Å². The Kier molecular flexibility index (Phi) is 3.94. The molecule has 0 amide bonds. The Balaban J connectivity index is 2.25. The maximum absolute atomic E-state index is 5.91. The third kappa shape index (κ3) is 2.85. The number of nitrogens with two attached hydrogens (primary N) is 1. The van der Waals surface area contributed by atoms with Crippen LogP contribution in [0.25, 0.3) is 0 Å². The summed E-state index contributed by atoms with van der Waals surface area (Å²) in [7, 11) is 0. The number of hydrogen-bond donors (Lipinski definition) is 1. The van der Waals surface area contributed by atoms with E-state index >= 15 is 0 Å². The van der Waals surface area contributed by atoms with Gasteiger partial charge in [0.25, 0.3) is 5.19 Å². The van der Waals surface area contributed by atoms with Crippen LogP contribution < -0.4 is 10.5 Å².